The van der Waals surface area contributed by atoms with E-state index in [0.717, 1.165) is 4.90 Å². The monoisotopic (exact) mass is 881 g/mol. The number of piperidine rings is 2. The first-order valence-corrected chi connectivity index (χ1v) is 18.8. The highest BCUT2D eigenvalue weighted by Crippen LogP contribution is 2.37. The van der Waals surface area contributed by atoms with E-state index in [-0.39, 0.29) is 17.0 Å². The van der Waals surface area contributed by atoms with E-state index >= 15 is 0 Å². The average molecular weight is 884 g/mol. The number of nitrogens with zero attached hydrogens (tertiary/aromatic N) is 1. The standard InChI is InChI=1S/C19H23NS.C8H10S.C6H4BrI.C5H11N.BrH/c1-15-10-11-18(16(2)14-15)21-19-9-5-4-8-17(19)20-12-6-3-7-13-20;1-6-3-4-8(9)7(2)5-6;7-5-3-1-2-4-6(5)8;1-2-4-6-5-3-1;/h4-5,8-11,14H,3,6-7,12-13H2,1-2H3;3-5,9H,1-2H3;1-4H;6H,1-5H2;1H/p-1. The number of aryl methyl sites for hydroxylation is 4. The lowest BCUT2D eigenvalue weighted by Crippen LogP contribution is -3.00. The first kappa shape index (κ1) is 40.2. The van der Waals surface area contributed by atoms with Crippen LogP contribution in [-0.2, 0) is 0 Å². The van der Waals surface area contributed by atoms with Gasteiger partial charge in [-0.15, -0.1) is 12.6 Å². The Morgan fingerprint density at radius 1 is 0.689 bits per heavy atom. The van der Waals surface area contributed by atoms with Gasteiger partial charge in [-0.1, -0.05) is 77.8 Å². The number of anilines is 1. The number of rotatable bonds is 3. The molecule has 244 valence electrons. The minimum atomic E-state index is 0. The van der Waals surface area contributed by atoms with Crippen molar-refractivity contribution in [2.45, 2.75) is 80.9 Å². The molecule has 1 N–H and O–H groups in total. The van der Waals surface area contributed by atoms with E-state index in [2.05, 4.69) is 150 Å². The third-order valence-electron chi connectivity index (χ3n) is 7.50. The van der Waals surface area contributed by atoms with Crippen molar-refractivity contribution < 1.29 is 17.0 Å². The molecule has 0 saturated carbocycles. The molecule has 4 aromatic carbocycles. The zero-order chi connectivity index (χ0) is 31.7. The van der Waals surface area contributed by atoms with Gasteiger partial charge in [-0.05, 0) is 159 Å². The average Bonchev–Trinajstić information content (AvgIpc) is 3.04. The van der Waals surface area contributed by atoms with E-state index in [0.29, 0.717) is 0 Å². The highest BCUT2D eigenvalue weighted by molar-refractivity contribution is 14.1. The van der Waals surface area contributed by atoms with Crippen molar-refractivity contribution in [1.82, 2.24) is 5.32 Å². The summed E-state index contributed by atoms with van der Waals surface area (Å²) in [4.78, 5) is 6.37. The fraction of sp³-hybridized carbons (Fsp3) is 0.368. The molecule has 6 rings (SSSR count). The Morgan fingerprint density at radius 3 is 1.78 bits per heavy atom. The Kier molecular flexibility index (Phi) is 20.2. The van der Waals surface area contributed by atoms with Crippen LogP contribution < -0.4 is 27.2 Å². The summed E-state index contributed by atoms with van der Waals surface area (Å²) in [6.07, 6.45) is 8.24. The lowest BCUT2D eigenvalue weighted by atomic mass is 10.1. The number of hydrogen-bond donors (Lipinski definition) is 2. The van der Waals surface area contributed by atoms with Crippen molar-refractivity contribution in [2.24, 2.45) is 0 Å². The van der Waals surface area contributed by atoms with Crippen LogP contribution in [-0.4, -0.2) is 26.2 Å². The highest BCUT2D eigenvalue weighted by Gasteiger charge is 2.15. The van der Waals surface area contributed by atoms with Crippen LogP contribution in [0.5, 0.6) is 0 Å². The number of thiol groups is 1. The van der Waals surface area contributed by atoms with Crippen LogP contribution in [0.1, 0.15) is 60.8 Å². The van der Waals surface area contributed by atoms with Crippen LogP contribution in [0.25, 0.3) is 0 Å². The number of benzene rings is 4. The summed E-state index contributed by atoms with van der Waals surface area (Å²) in [6.45, 7) is 13.4. The van der Waals surface area contributed by atoms with E-state index in [1.165, 1.54) is 110 Å². The molecule has 0 aromatic heterocycles. The largest absolute Gasteiger partial charge is 1.00 e. The Balaban J connectivity index is 0.000000242. The minimum Gasteiger partial charge on any atom is -1.00 e. The molecular formula is C38H48Br2IN2S2-. The van der Waals surface area contributed by atoms with Crippen LogP contribution in [0, 0.1) is 31.3 Å². The van der Waals surface area contributed by atoms with Gasteiger partial charge in [-0.25, -0.2) is 0 Å². The van der Waals surface area contributed by atoms with Gasteiger partial charge >= 0.3 is 0 Å². The Bertz CT molecular complexity index is 1390. The molecule has 0 spiro atoms. The van der Waals surface area contributed by atoms with Gasteiger partial charge in [0.1, 0.15) is 0 Å². The summed E-state index contributed by atoms with van der Waals surface area (Å²) < 4.78 is 2.42. The molecule has 2 saturated heterocycles. The minimum absolute atomic E-state index is 0. The topological polar surface area (TPSA) is 15.3 Å². The number of halogens is 3. The maximum atomic E-state index is 4.25. The maximum absolute atomic E-state index is 4.25. The van der Waals surface area contributed by atoms with Crippen LogP contribution in [0.3, 0.4) is 0 Å². The Morgan fingerprint density at radius 2 is 1.27 bits per heavy atom. The molecule has 2 nitrogen and oxygen atoms in total. The molecule has 0 aliphatic carbocycles. The molecule has 0 bridgehead atoms. The fourth-order valence-corrected chi connectivity index (χ4v) is 6.87. The summed E-state index contributed by atoms with van der Waals surface area (Å²) in [7, 11) is 0. The molecule has 2 aliphatic rings. The normalized spacial score (nSPS) is 13.9. The lowest BCUT2D eigenvalue weighted by Gasteiger charge is -2.30. The molecule has 0 atom stereocenters. The number of para-hydroxylation sites is 1. The Hall–Kier alpha value is -0.970. The van der Waals surface area contributed by atoms with Gasteiger partial charge in [0.25, 0.3) is 0 Å². The van der Waals surface area contributed by atoms with Crippen molar-refractivity contribution >= 4 is 68.6 Å². The van der Waals surface area contributed by atoms with Crippen molar-refractivity contribution in [3.05, 3.63) is 115 Å². The second-order valence-electron chi connectivity index (χ2n) is 11.4. The van der Waals surface area contributed by atoms with Crippen molar-refractivity contribution in [3.63, 3.8) is 0 Å². The van der Waals surface area contributed by atoms with Crippen molar-refractivity contribution in [3.8, 4) is 0 Å². The molecule has 2 fully saturated rings. The van der Waals surface area contributed by atoms with Crippen LogP contribution >= 0.6 is 62.9 Å². The molecule has 0 radical (unpaired) electrons. The van der Waals surface area contributed by atoms with Gasteiger partial charge in [-0.3, -0.25) is 0 Å². The van der Waals surface area contributed by atoms with Gasteiger partial charge in [0.2, 0.25) is 0 Å². The first-order valence-electron chi connectivity index (χ1n) is 15.7. The number of hydrogen-bond acceptors (Lipinski definition) is 4. The highest BCUT2D eigenvalue weighted by atomic mass is 127. The first-order chi connectivity index (χ1) is 21.2. The van der Waals surface area contributed by atoms with Crippen LogP contribution in [0.4, 0.5) is 5.69 Å². The zero-order valence-electron chi connectivity index (χ0n) is 27.1. The maximum Gasteiger partial charge on any atom is 0.0508 e. The Labute approximate surface area is 315 Å². The summed E-state index contributed by atoms with van der Waals surface area (Å²) in [6, 6.07) is 29.9. The fourth-order valence-electron chi connectivity index (χ4n) is 5.02. The summed E-state index contributed by atoms with van der Waals surface area (Å²) in [5.74, 6) is 0. The summed E-state index contributed by atoms with van der Waals surface area (Å²) in [5.41, 5.74) is 6.65. The SMILES string of the molecule is Brc1ccccc1I.C1CCNCC1.Cc1ccc(S)c(C)c1.Cc1ccc(Sc2ccccc2N2CCCCC2)c(C)c1.[Br-]. The van der Waals surface area contributed by atoms with E-state index in [1.54, 1.807) is 0 Å². The lowest BCUT2D eigenvalue weighted by molar-refractivity contribution is -0.00000889. The zero-order valence-corrected chi connectivity index (χ0v) is 34.1. The molecule has 0 amide bonds. The van der Waals surface area contributed by atoms with Crippen molar-refractivity contribution in [1.29, 1.82) is 0 Å². The number of nitrogens with one attached hydrogen (secondary N) is 1. The van der Waals surface area contributed by atoms with E-state index in [4.69, 9.17) is 0 Å². The molecule has 45 heavy (non-hydrogen) atoms. The second-order valence-corrected chi connectivity index (χ2v) is 15.0. The molecule has 2 heterocycles. The molecule has 7 heteroatoms. The third kappa shape index (κ3) is 15.2. The van der Waals surface area contributed by atoms with Crippen LogP contribution in [0.2, 0.25) is 0 Å². The van der Waals surface area contributed by atoms with Gasteiger partial charge in [0.15, 0.2) is 0 Å². The van der Waals surface area contributed by atoms with Gasteiger partial charge in [0, 0.05) is 35.8 Å². The smallest absolute Gasteiger partial charge is 0.0508 e. The molecule has 0 unspecified atom stereocenters. The van der Waals surface area contributed by atoms with E-state index in [1.807, 2.05) is 36.0 Å². The molecule has 4 aromatic rings. The van der Waals surface area contributed by atoms with Gasteiger partial charge in [-0.2, -0.15) is 0 Å². The molecular weight excluding hydrogens is 835 g/mol. The third-order valence-corrected chi connectivity index (χ3v) is 11.6. The van der Waals surface area contributed by atoms with Crippen LogP contribution in [0.15, 0.2) is 104 Å². The summed E-state index contributed by atoms with van der Waals surface area (Å²) >= 11 is 11.8. The summed E-state index contributed by atoms with van der Waals surface area (Å²) in [5, 5.41) is 3.28. The van der Waals surface area contributed by atoms with E-state index < -0.39 is 0 Å². The van der Waals surface area contributed by atoms with Gasteiger partial charge in [0.05, 0.1) is 5.69 Å². The predicted molar refractivity (Wildman–Crippen MR) is 209 cm³/mol. The van der Waals surface area contributed by atoms with Gasteiger partial charge < -0.3 is 27.2 Å². The van der Waals surface area contributed by atoms with Crippen molar-refractivity contribution in [2.75, 3.05) is 31.1 Å². The molecule has 2 aliphatic heterocycles. The van der Waals surface area contributed by atoms with E-state index in [9.17, 15) is 0 Å². The quantitative estimate of drug-likeness (QED) is 0.158. The predicted octanol–water partition coefficient (Wildman–Crippen LogP) is 8.85. The second kappa shape index (κ2) is 22.6.